The van der Waals surface area contributed by atoms with E-state index >= 15 is 0 Å². The normalized spacial score (nSPS) is 16.3. The van der Waals surface area contributed by atoms with Crippen molar-refractivity contribution in [1.82, 2.24) is 10.2 Å². The molecule has 1 unspecified atom stereocenters. The molecule has 1 atom stereocenters. The molecular formula is C24H29N3O3. The average Bonchev–Trinajstić information content (AvgIpc) is 2.96. The summed E-state index contributed by atoms with van der Waals surface area (Å²) in [7, 11) is 0. The molecule has 0 aromatic heterocycles. The fourth-order valence-corrected chi connectivity index (χ4v) is 3.73. The van der Waals surface area contributed by atoms with Crippen LogP contribution in [-0.4, -0.2) is 35.3 Å². The number of nitrogens with zero attached hydrogens (tertiary/aromatic N) is 1. The lowest BCUT2D eigenvalue weighted by molar-refractivity contribution is -0.130. The summed E-state index contributed by atoms with van der Waals surface area (Å²) >= 11 is 0. The summed E-state index contributed by atoms with van der Waals surface area (Å²) < 4.78 is 0. The molecule has 6 heteroatoms. The van der Waals surface area contributed by atoms with Gasteiger partial charge in [-0.15, -0.1) is 0 Å². The van der Waals surface area contributed by atoms with Crippen molar-refractivity contribution >= 4 is 23.5 Å². The molecule has 0 aliphatic carbocycles. The maximum Gasteiger partial charge on any atom is 0.325 e. The number of para-hydroxylation sites is 1. The van der Waals surface area contributed by atoms with Crippen molar-refractivity contribution in [1.29, 1.82) is 0 Å². The standard InChI is InChI=1S/C24H29N3O3/c1-15(2)18-11-8-12-19(16(3)4)22(18)26-21(28)14-27-23(29)20(25-24(27)30)13-17-9-6-5-7-10-17/h5-12,15-16,20H,13-14H2,1-4H3,(H,25,30)(H,26,28). The maximum absolute atomic E-state index is 12.8. The van der Waals surface area contributed by atoms with Crippen LogP contribution in [0, 0.1) is 0 Å². The third kappa shape index (κ3) is 4.70. The largest absolute Gasteiger partial charge is 0.325 e. The summed E-state index contributed by atoms with van der Waals surface area (Å²) in [6.07, 6.45) is 0.400. The molecule has 1 fully saturated rings. The second-order valence-electron chi connectivity index (χ2n) is 8.29. The van der Waals surface area contributed by atoms with Crippen molar-refractivity contribution in [3.8, 4) is 0 Å². The first-order valence-electron chi connectivity index (χ1n) is 10.4. The van der Waals surface area contributed by atoms with E-state index in [1.807, 2.05) is 48.5 Å². The zero-order chi connectivity index (χ0) is 21.8. The monoisotopic (exact) mass is 407 g/mol. The highest BCUT2D eigenvalue weighted by Gasteiger charge is 2.39. The molecule has 0 radical (unpaired) electrons. The van der Waals surface area contributed by atoms with E-state index in [0.29, 0.717) is 6.42 Å². The third-order valence-electron chi connectivity index (χ3n) is 5.33. The smallest absolute Gasteiger partial charge is 0.325 e. The first-order valence-corrected chi connectivity index (χ1v) is 10.4. The number of hydrogen-bond donors (Lipinski definition) is 2. The Bertz CT molecular complexity index is 912. The Labute approximate surface area is 177 Å². The lowest BCUT2D eigenvalue weighted by atomic mass is 9.92. The lowest BCUT2D eigenvalue weighted by Crippen LogP contribution is -2.39. The number of imide groups is 1. The molecule has 1 saturated heterocycles. The SMILES string of the molecule is CC(C)c1cccc(C(C)C)c1NC(=O)CN1C(=O)NC(Cc2ccccc2)C1=O. The van der Waals surface area contributed by atoms with E-state index in [1.54, 1.807) is 0 Å². The molecule has 6 nitrogen and oxygen atoms in total. The van der Waals surface area contributed by atoms with Gasteiger partial charge in [-0.2, -0.15) is 0 Å². The number of amides is 4. The van der Waals surface area contributed by atoms with Crippen LogP contribution in [0.3, 0.4) is 0 Å². The molecule has 0 spiro atoms. The third-order valence-corrected chi connectivity index (χ3v) is 5.33. The van der Waals surface area contributed by atoms with E-state index < -0.39 is 12.1 Å². The number of anilines is 1. The summed E-state index contributed by atoms with van der Waals surface area (Å²) in [5.41, 5.74) is 3.80. The highest BCUT2D eigenvalue weighted by atomic mass is 16.2. The second kappa shape index (κ2) is 9.11. The molecule has 30 heavy (non-hydrogen) atoms. The fourth-order valence-electron chi connectivity index (χ4n) is 3.73. The second-order valence-corrected chi connectivity index (χ2v) is 8.29. The fraction of sp³-hybridized carbons (Fsp3) is 0.375. The highest BCUT2D eigenvalue weighted by molar-refractivity contribution is 6.08. The molecule has 1 heterocycles. The molecule has 0 saturated carbocycles. The van der Waals surface area contributed by atoms with E-state index in [4.69, 9.17) is 0 Å². The van der Waals surface area contributed by atoms with Crippen molar-refractivity contribution in [3.05, 3.63) is 65.2 Å². The molecule has 2 aromatic rings. The Morgan fingerprint density at radius 2 is 1.57 bits per heavy atom. The van der Waals surface area contributed by atoms with E-state index in [-0.39, 0.29) is 30.2 Å². The average molecular weight is 408 g/mol. The minimum absolute atomic E-state index is 0.228. The van der Waals surface area contributed by atoms with Gasteiger partial charge >= 0.3 is 6.03 Å². The first kappa shape index (κ1) is 21.6. The topological polar surface area (TPSA) is 78.5 Å². The Hall–Kier alpha value is -3.15. The van der Waals surface area contributed by atoms with Gasteiger partial charge in [0.25, 0.3) is 5.91 Å². The van der Waals surface area contributed by atoms with Gasteiger partial charge in [0, 0.05) is 12.1 Å². The minimum atomic E-state index is -0.651. The van der Waals surface area contributed by atoms with Gasteiger partial charge in [-0.1, -0.05) is 76.2 Å². The molecule has 2 N–H and O–H groups in total. The van der Waals surface area contributed by atoms with Gasteiger partial charge in [0.05, 0.1) is 0 Å². The van der Waals surface area contributed by atoms with Gasteiger partial charge in [-0.05, 0) is 28.5 Å². The Kier molecular flexibility index (Phi) is 6.55. The van der Waals surface area contributed by atoms with Crippen LogP contribution in [0.25, 0.3) is 0 Å². The van der Waals surface area contributed by atoms with Crippen molar-refractivity contribution in [3.63, 3.8) is 0 Å². The Morgan fingerprint density at radius 3 is 2.13 bits per heavy atom. The van der Waals surface area contributed by atoms with Crippen LogP contribution in [0.1, 0.15) is 56.2 Å². The van der Waals surface area contributed by atoms with Crippen molar-refractivity contribution in [2.45, 2.75) is 52.0 Å². The number of hydrogen-bond acceptors (Lipinski definition) is 3. The Morgan fingerprint density at radius 1 is 0.967 bits per heavy atom. The molecule has 1 aliphatic rings. The van der Waals surface area contributed by atoms with Crippen molar-refractivity contribution in [2.75, 3.05) is 11.9 Å². The molecule has 2 aromatic carbocycles. The quantitative estimate of drug-likeness (QED) is 0.680. The van der Waals surface area contributed by atoms with E-state index in [0.717, 1.165) is 27.3 Å². The van der Waals surface area contributed by atoms with Gasteiger partial charge in [0.2, 0.25) is 5.91 Å². The molecule has 0 bridgehead atoms. The van der Waals surface area contributed by atoms with E-state index in [2.05, 4.69) is 38.3 Å². The minimum Gasteiger partial charge on any atom is -0.325 e. The maximum atomic E-state index is 12.8. The molecule has 4 amide bonds. The van der Waals surface area contributed by atoms with Gasteiger partial charge in [0.15, 0.2) is 0 Å². The van der Waals surface area contributed by atoms with Crippen LogP contribution in [0.4, 0.5) is 10.5 Å². The van der Waals surface area contributed by atoms with Gasteiger partial charge in [-0.3, -0.25) is 14.5 Å². The summed E-state index contributed by atoms with van der Waals surface area (Å²) in [5, 5.41) is 5.65. The number of nitrogens with one attached hydrogen (secondary N) is 2. The number of benzene rings is 2. The summed E-state index contributed by atoms with van der Waals surface area (Å²) in [6, 6.07) is 14.3. The number of carbonyl (C=O) groups is 3. The molecular weight excluding hydrogens is 378 g/mol. The molecule has 1 aliphatic heterocycles. The summed E-state index contributed by atoms with van der Waals surface area (Å²) in [4.78, 5) is 38.8. The van der Waals surface area contributed by atoms with Crippen molar-refractivity contribution < 1.29 is 14.4 Å². The first-order chi connectivity index (χ1) is 14.3. The number of carbonyl (C=O) groups excluding carboxylic acids is 3. The predicted molar refractivity (Wildman–Crippen MR) is 117 cm³/mol. The van der Waals surface area contributed by atoms with Crippen LogP contribution in [0.2, 0.25) is 0 Å². The van der Waals surface area contributed by atoms with Gasteiger partial charge in [0.1, 0.15) is 12.6 Å². The van der Waals surface area contributed by atoms with E-state index in [9.17, 15) is 14.4 Å². The summed E-state index contributed by atoms with van der Waals surface area (Å²) in [6.45, 7) is 7.97. The molecule has 3 rings (SSSR count). The highest BCUT2D eigenvalue weighted by Crippen LogP contribution is 2.32. The van der Waals surface area contributed by atoms with Crippen LogP contribution in [-0.2, 0) is 16.0 Å². The van der Waals surface area contributed by atoms with Crippen LogP contribution < -0.4 is 10.6 Å². The van der Waals surface area contributed by atoms with Gasteiger partial charge in [-0.25, -0.2) is 4.79 Å². The van der Waals surface area contributed by atoms with Crippen LogP contribution in [0.15, 0.2) is 48.5 Å². The summed E-state index contributed by atoms with van der Waals surface area (Å²) in [5.74, 6) is -0.300. The Balaban J connectivity index is 1.72. The van der Waals surface area contributed by atoms with E-state index in [1.165, 1.54) is 0 Å². The zero-order valence-electron chi connectivity index (χ0n) is 17.9. The zero-order valence-corrected chi connectivity index (χ0v) is 17.9. The van der Waals surface area contributed by atoms with Crippen molar-refractivity contribution in [2.24, 2.45) is 0 Å². The van der Waals surface area contributed by atoms with Gasteiger partial charge < -0.3 is 10.6 Å². The number of urea groups is 1. The predicted octanol–water partition coefficient (Wildman–Crippen LogP) is 4.04. The van der Waals surface area contributed by atoms with Crippen LogP contribution in [0.5, 0.6) is 0 Å². The lowest BCUT2D eigenvalue weighted by Gasteiger charge is -2.21. The molecule has 158 valence electrons. The van der Waals surface area contributed by atoms with Crippen LogP contribution >= 0.6 is 0 Å². The number of rotatable bonds is 7.